The summed E-state index contributed by atoms with van der Waals surface area (Å²) < 4.78 is 20.6. The second-order valence-corrected chi connectivity index (χ2v) is 8.44. The number of halogens is 2. The van der Waals surface area contributed by atoms with Gasteiger partial charge in [0, 0.05) is 19.0 Å². The Balaban J connectivity index is 1.59. The van der Waals surface area contributed by atoms with E-state index < -0.39 is 23.7 Å². The molecule has 8 heteroatoms. The fraction of sp³-hybridized carbons (Fsp3) is 0.148. The molecule has 1 N–H and O–H groups in total. The Morgan fingerprint density at radius 1 is 1.06 bits per heavy atom. The van der Waals surface area contributed by atoms with Crippen molar-refractivity contribution in [2.75, 3.05) is 7.11 Å². The molecule has 1 heterocycles. The van der Waals surface area contributed by atoms with E-state index in [-0.39, 0.29) is 22.6 Å². The van der Waals surface area contributed by atoms with E-state index in [4.69, 9.17) is 16.3 Å². The molecule has 4 rings (SSSR count). The minimum atomic E-state index is -1.07. The van der Waals surface area contributed by atoms with Crippen molar-refractivity contribution >= 4 is 34.4 Å². The van der Waals surface area contributed by atoms with Crippen molar-refractivity contribution in [3.05, 3.63) is 105 Å². The zero-order valence-corrected chi connectivity index (χ0v) is 19.8. The number of esters is 1. The molecule has 6 nitrogen and oxygen atoms in total. The second-order valence-electron chi connectivity index (χ2n) is 8.03. The van der Waals surface area contributed by atoms with Gasteiger partial charge in [-0.15, -0.1) is 0 Å². The lowest BCUT2D eigenvalue weighted by molar-refractivity contribution is -0.142. The van der Waals surface area contributed by atoms with E-state index in [1.807, 2.05) is 30.3 Å². The number of fused-ring (bicyclic) bond motifs is 1. The fourth-order valence-corrected chi connectivity index (χ4v) is 4.21. The highest BCUT2D eigenvalue weighted by atomic mass is 35.5. The molecule has 35 heavy (non-hydrogen) atoms. The predicted octanol–water partition coefficient (Wildman–Crippen LogP) is 4.51. The van der Waals surface area contributed by atoms with Crippen molar-refractivity contribution in [1.29, 1.82) is 0 Å². The molecule has 0 saturated heterocycles. The molecular formula is C27H22ClFN2O4. The summed E-state index contributed by atoms with van der Waals surface area (Å²) in [6.45, 7) is 0. The van der Waals surface area contributed by atoms with Gasteiger partial charge in [-0.25, -0.2) is 9.18 Å². The van der Waals surface area contributed by atoms with Crippen LogP contribution in [0.25, 0.3) is 22.0 Å². The summed E-state index contributed by atoms with van der Waals surface area (Å²) in [5.41, 5.74) is 2.34. The molecule has 1 atom stereocenters. The molecule has 0 radical (unpaired) electrons. The highest BCUT2D eigenvalue weighted by Gasteiger charge is 2.25. The van der Waals surface area contributed by atoms with E-state index in [0.29, 0.717) is 11.1 Å². The minimum Gasteiger partial charge on any atom is -0.467 e. The maximum Gasteiger partial charge on any atom is 0.328 e. The molecule has 0 saturated carbocycles. The molecule has 1 aromatic heterocycles. The van der Waals surface area contributed by atoms with E-state index >= 15 is 0 Å². The Morgan fingerprint density at radius 3 is 2.46 bits per heavy atom. The van der Waals surface area contributed by atoms with Crippen molar-refractivity contribution < 1.29 is 18.7 Å². The first-order valence-corrected chi connectivity index (χ1v) is 11.2. The number of aromatic nitrogens is 1. The minimum absolute atomic E-state index is 0.0626. The Labute approximate surface area is 205 Å². The van der Waals surface area contributed by atoms with Gasteiger partial charge in [0.25, 0.3) is 11.5 Å². The van der Waals surface area contributed by atoms with Crippen LogP contribution in [0.1, 0.15) is 15.9 Å². The van der Waals surface area contributed by atoms with Crippen LogP contribution in [-0.2, 0) is 23.0 Å². The monoisotopic (exact) mass is 492 g/mol. The number of aryl methyl sites for hydroxylation is 1. The van der Waals surface area contributed by atoms with Crippen LogP contribution in [0.2, 0.25) is 5.02 Å². The molecule has 4 aromatic rings. The molecule has 0 bridgehead atoms. The molecule has 0 aliphatic heterocycles. The van der Waals surface area contributed by atoms with Crippen LogP contribution in [0.5, 0.6) is 0 Å². The van der Waals surface area contributed by atoms with Crippen LogP contribution >= 0.6 is 11.6 Å². The average Bonchev–Trinajstić information content (AvgIpc) is 2.86. The zero-order chi connectivity index (χ0) is 25.1. The lowest BCUT2D eigenvalue weighted by Gasteiger charge is -2.17. The highest BCUT2D eigenvalue weighted by Crippen LogP contribution is 2.22. The summed E-state index contributed by atoms with van der Waals surface area (Å²) in [5, 5.41) is 3.38. The Kier molecular flexibility index (Phi) is 6.98. The van der Waals surface area contributed by atoms with E-state index in [1.54, 1.807) is 35.9 Å². The number of rotatable bonds is 6. The Morgan fingerprint density at radius 2 is 1.77 bits per heavy atom. The van der Waals surface area contributed by atoms with Crippen molar-refractivity contribution in [3.8, 4) is 11.1 Å². The first kappa shape index (κ1) is 24.2. The summed E-state index contributed by atoms with van der Waals surface area (Å²) in [6, 6.07) is 19.4. The second kappa shape index (κ2) is 10.1. The molecule has 0 aliphatic carbocycles. The summed E-state index contributed by atoms with van der Waals surface area (Å²) in [5.74, 6) is -2.29. The predicted molar refractivity (Wildman–Crippen MR) is 133 cm³/mol. The normalized spacial score (nSPS) is 11.8. The smallest absolute Gasteiger partial charge is 0.328 e. The maximum atomic E-state index is 14.1. The van der Waals surface area contributed by atoms with E-state index in [9.17, 15) is 18.8 Å². The first-order chi connectivity index (χ1) is 16.8. The first-order valence-electron chi connectivity index (χ1n) is 10.8. The number of nitrogens with zero attached hydrogens (tertiary/aromatic N) is 1. The van der Waals surface area contributed by atoms with Gasteiger partial charge in [0.15, 0.2) is 0 Å². The van der Waals surface area contributed by atoms with E-state index in [0.717, 1.165) is 22.5 Å². The zero-order valence-electron chi connectivity index (χ0n) is 19.0. The third-order valence-electron chi connectivity index (χ3n) is 5.82. The van der Waals surface area contributed by atoms with E-state index in [2.05, 4.69) is 5.32 Å². The van der Waals surface area contributed by atoms with Crippen molar-refractivity contribution in [2.45, 2.75) is 12.5 Å². The summed E-state index contributed by atoms with van der Waals surface area (Å²) in [6.07, 6.45) is 0.0977. The van der Waals surface area contributed by atoms with Crippen LogP contribution in [0, 0.1) is 5.82 Å². The number of hydrogen-bond acceptors (Lipinski definition) is 4. The van der Waals surface area contributed by atoms with Gasteiger partial charge in [0.05, 0.1) is 23.2 Å². The topological polar surface area (TPSA) is 77.4 Å². The van der Waals surface area contributed by atoms with Crippen LogP contribution in [0.4, 0.5) is 4.39 Å². The van der Waals surface area contributed by atoms with Crippen LogP contribution < -0.4 is 10.9 Å². The summed E-state index contributed by atoms with van der Waals surface area (Å²) in [4.78, 5) is 37.9. The standard InChI is InChI=1S/C27H22ClFN2O4/c1-31-23-9-4-3-6-18(23)15-19(26(31)33)17-12-10-16(11-13-17)14-22(27(34)35-2)30-25(32)24-20(28)7-5-8-21(24)29/h3-13,15,22H,14H2,1-2H3,(H,30,32)/t22-/m0/s1. The van der Waals surface area contributed by atoms with Crippen molar-refractivity contribution in [2.24, 2.45) is 7.05 Å². The fourth-order valence-electron chi connectivity index (χ4n) is 3.97. The lowest BCUT2D eigenvalue weighted by atomic mass is 10.00. The number of methoxy groups -OCH3 is 1. The molecular weight excluding hydrogens is 471 g/mol. The lowest BCUT2D eigenvalue weighted by Crippen LogP contribution is -2.43. The molecule has 0 spiro atoms. The van der Waals surface area contributed by atoms with Gasteiger partial charge in [-0.3, -0.25) is 9.59 Å². The van der Waals surface area contributed by atoms with Crippen molar-refractivity contribution in [3.63, 3.8) is 0 Å². The largest absolute Gasteiger partial charge is 0.467 e. The third kappa shape index (κ3) is 4.95. The molecule has 0 aliphatic rings. The number of pyridine rings is 1. The number of benzene rings is 3. The maximum absolute atomic E-state index is 14.1. The molecule has 0 fully saturated rings. The highest BCUT2D eigenvalue weighted by molar-refractivity contribution is 6.33. The molecule has 1 amide bonds. The van der Waals surface area contributed by atoms with Gasteiger partial charge >= 0.3 is 5.97 Å². The van der Waals surface area contributed by atoms with Crippen LogP contribution in [0.15, 0.2) is 77.6 Å². The molecule has 0 unspecified atom stereocenters. The number of carbonyl (C=O) groups is 2. The molecule has 178 valence electrons. The quantitative estimate of drug-likeness (QED) is 0.402. The van der Waals surface area contributed by atoms with Gasteiger partial charge in [-0.2, -0.15) is 0 Å². The van der Waals surface area contributed by atoms with Gasteiger partial charge in [0.2, 0.25) is 0 Å². The van der Waals surface area contributed by atoms with E-state index in [1.165, 1.54) is 19.2 Å². The Hall–Kier alpha value is -3.97. The van der Waals surface area contributed by atoms with Gasteiger partial charge in [-0.1, -0.05) is 60.1 Å². The molecule has 3 aromatic carbocycles. The van der Waals surface area contributed by atoms with Gasteiger partial charge in [0.1, 0.15) is 11.9 Å². The number of ether oxygens (including phenoxy) is 1. The third-order valence-corrected chi connectivity index (χ3v) is 6.13. The van der Waals surface area contributed by atoms with Crippen LogP contribution in [-0.4, -0.2) is 29.6 Å². The SMILES string of the molecule is COC(=O)[C@H](Cc1ccc(-c2cc3ccccc3n(C)c2=O)cc1)NC(=O)c1c(F)cccc1Cl. The van der Waals surface area contributed by atoms with Crippen molar-refractivity contribution in [1.82, 2.24) is 9.88 Å². The number of amides is 1. The number of para-hydroxylation sites is 1. The number of carbonyl (C=O) groups excluding carboxylic acids is 2. The number of hydrogen-bond donors (Lipinski definition) is 1. The van der Waals surface area contributed by atoms with Gasteiger partial charge < -0.3 is 14.6 Å². The summed E-state index contributed by atoms with van der Waals surface area (Å²) in [7, 11) is 2.93. The average molecular weight is 493 g/mol. The number of nitrogens with one attached hydrogen (secondary N) is 1. The van der Waals surface area contributed by atoms with Gasteiger partial charge in [-0.05, 0) is 40.8 Å². The van der Waals surface area contributed by atoms with Crippen LogP contribution in [0.3, 0.4) is 0 Å². The summed E-state index contributed by atoms with van der Waals surface area (Å²) >= 11 is 5.97. The Bertz CT molecular complexity index is 1460.